The molecule has 3 aromatic rings. The first-order chi connectivity index (χ1) is 14.8. The summed E-state index contributed by atoms with van der Waals surface area (Å²) in [7, 11) is 0. The summed E-state index contributed by atoms with van der Waals surface area (Å²) in [6.07, 6.45) is 3.59. The molecule has 4 rings (SSSR count). The van der Waals surface area contributed by atoms with Crippen LogP contribution < -0.4 is 15.1 Å². The molecule has 1 amide bonds. The van der Waals surface area contributed by atoms with Gasteiger partial charge in [0, 0.05) is 37.7 Å². The van der Waals surface area contributed by atoms with E-state index in [1.807, 2.05) is 72.9 Å². The van der Waals surface area contributed by atoms with Crippen molar-refractivity contribution in [1.29, 1.82) is 0 Å². The van der Waals surface area contributed by atoms with Crippen LogP contribution in [-0.2, 0) is 16.1 Å². The van der Waals surface area contributed by atoms with Crippen LogP contribution in [0.5, 0.6) is 0 Å². The topological polar surface area (TPSA) is 57.7 Å². The summed E-state index contributed by atoms with van der Waals surface area (Å²) in [6.45, 7) is 3.91. The Labute approximate surface area is 177 Å². The molecular weight excluding hydrogens is 376 g/mol. The molecule has 1 aromatic heterocycles. The summed E-state index contributed by atoms with van der Waals surface area (Å²) in [5.41, 5.74) is 3.92. The monoisotopic (exact) mass is 402 g/mol. The highest BCUT2D eigenvalue weighted by molar-refractivity contribution is 5.97. The number of carbonyl (C=O) groups excluding carboxylic acids is 1. The minimum Gasteiger partial charge on any atom is -0.378 e. The summed E-state index contributed by atoms with van der Waals surface area (Å²) in [5, 5.41) is 3.12. The smallest absolute Gasteiger partial charge is 0.243 e. The number of carbonyl (C=O) groups is 1. The highest BCUT2D eigenvalue weighted by Gasteiger charge is 2.17. The predicted octanol–water partition coefficient (Wildman–Crippen LogP) is 3.56. The lowest BCUT2D eigenvalue weighted by atomic mass is 10.2. The van der Waals surface area contributed by atoms with E-state index in [0.717, 1.165) is 35.7 Å². The Kier molecular flexibility index (Phi) is 6.57. The summed E-state index contributed by atoms with van der Waals surface area (Å²) in [4.78, 5) is 21.5. The molecule has 0 atom stereocenters. The highest BCUT2D eigenvalue weighted by atomic mass is 16.5. The molecule has 2 aromatic carbocycles. The summed E-state index contributed by atoms with van der Waals surface area (Å²) < 4.78 is 5.46. The van der Waals surface area contributed by atoms with Crippen molar-refractivity contribution in [2.75, 3.05) is 48.0 Å². The zero-order valence-electron chi connectivity index (χ0n) is 16.9. The number of morpholine rings is 1. The minimum atomic E-state index is -0.0524. The van der Waals surface area contributed by atoms with Crippen LogP contribution in [0.2, 0.25) is 0 Å². The molecule has 154 valence electrons. The Morgan fingerprint density at radius 1 is 1.00 bits per heavy atom. The number of ether oxygens (including phenoxy) is 1. The van der Waals surface area contributed by atoms with Gasteiger partial charge in [-0.25, -0.2) is 0 Å². The van der Waals surface area contributed by atoms with Gasteiger partial charge >= 0.3 is 0 Å². The average molecular weight is 402 g/mol. The van der Waals surface area contributed by atoms with E-state index in [2.05, 4.69) is 20.1 Å². The molecule has 1 aliphatic heterocycles. The molecular formula is C24H26N4O2. The number of benzene rings is 2. The number of hydrogen-bond donors (Lipinski definition) is 1. The second-order valence-electron chi connectivity index (χ2n) is 7.22. The lowest BCUT2D eigenvalue weighted by Gasteiger charge is -2.31. The van der Waals surface area contributed by atoms with Crippen LogP contribution >= 0.6 is 0 Å². The van der Waals surface area contributed by atoms with Gasteiger partial charge in [0.2, 0.25) is 5.91 Å². The van der Waals surface area contributed by atoms with Crippen molar-refractivity contribution in [1.82, 2.24) is 4.98 Å². The standard InChI is InChI=1S/C24H26N4O2/c29-24(26-22-10-4-5-11-23(22)27-13-15-30-16-14-27)19-28(21-8-2-1-3-9-21)18-20-7-6-12-25-17-20/h1-12,17H,13-16,18-19H2,(H,26,29). The third kappa shape index (κ3) is 5.15. The van der Waals surface area contributed by atoms with Crippen molar-refractivity contribution in [3.8, 4) is 0 Å². The number of nitrogens with one attached hydrogen (secondary N) is 1. The van der Waals surface area contributed by atoms with Crippen molar-refractivity contribution in [2.45, 2.75) is 6.54 Å². The maximum Gasteiger partial charge on any atom is 0.243 e. The molecule has 1 saturated heterocycles. The lowest BCUT2D eigenvalue weighted by molar-refractivity contribution is -0.115. The fourth-order valence-electron chi connectivity index (χ4n) is 3.61. The predicted molar refractivity (Wildman–Crippen MR) is 120 cm³/mol. The third-order valence-electron chi connectivity index (χ3n) is 5.08. The second kappa shape index (κ2) is 9.89. The summed E-state index contributed by atoms with van der Waals surface area (Å²) in [5.74, 6) is -0.0524. The van der Waals surface area contributed by atoms with Crippen LogP contribution in [-0.4, -0.2) is 43.7 Å². The van der Waals surface area contributed by atoms with Gasteiger partial charge in [0.15, 0.2) is 0 Å². The van der Waals surface area contributed by atoms with Crippen molar-refractivity contribution in [3.63, 3.8) is 0 Å². The number of anilines is 3. The van der Waals surface area contributed by atoms with Gasteiger partial charge in [-0.1, -0.05) is 36.4 Å². The molecule has 1 aliphatic rings. The first-order valence-corrected chi connectivity index (χ1v) is 10.2. The zero-order chi connectivity index (χ0) is 20.6. The molecule has 30 heavy (non-hydrogen) atoms. The van der Waals surface area contributed by atoms with Crippen molar-refractivity contribution in [3.05, 3.63) is 84.7 Å². The van der Waals surface area contributed by atoms with E-state index in [0.29, 0.717) is 19.8 Å². The van der Waals surface area contributed by atoms with Crippen LogP contribution in [0, 0.1) is 0 Å². The molecule has 0 saturated carbocycles. The first kappa shape index (κ1) is 19.9. The van der Waals surface area contributed by atoms with Gasteiger partial charge in [-0.3, -0.25) is 9.78 Å². The summed E-state index contributed by atoms with van der Waals surface area (Å²) >= 11 is 0. The first-order valence-electron chi connectivity index (χ1n) is 10.2. The maximum absolute atomic E-state index is 13.0. The highest BCUT2D eigenvalue weighted by Crippen LogP contribution is 2.26. The van der Waals surface area contributed by atoms with Crippen LogP contribution in [0.1, 0.15) is 5.56 Å². The van der Waals surface area contributed by atoms with E-state index in [1.54, 1.807) is 6.20 Å². The molecule has 0 radical (unpaired) electrons. The summed E-state index contributed by atoms with van der Waals surface area (Å²) in [6, 6.07) is 21.9. The molecule has 0 unspecified atom stereocenters. The molecule has 6 nitrogen and oxygen atoms in total. The minimum absolute atomic E-state index is 0.0524. The molecule has 6 heteroatoms. The van der Waals surface area contributed by atoms with Crippen molar-refractivity contribution in [2.24, 2.45) is 0 Å². The fraction of sp³-hybridized carbons (Fsp3) is 0.250. The van der Waals surface area contributed by atoms with E-state index in [-0.39, 0.29) is 12.5 Å². The van der Waals surface area contributed by atoms with Gasteiger partial charge in [-0.15, -0.1) is 0 Å². The lowest BCUT2D eigenvalue weighted by Crippen LogP contribution is -2.37. The Morgan fingerprint density at radius 2 is 1.77 bits per heavy atom. The number of para-hydroxylation sites is 3. The third-order valence-corrected chi connectivity index (χ3v) is 5.08. The van der Waals surface area contributed by atoms with Crippen LogP contribution in [0.4, 0.5) is 17.1 Å². The number of pyridine rings is 1. The van der Waals surface area contributed by atoms with Gasteiger partial charge in [-0.05, 0) is 35.9 Å². The molecule has 0 spiro atoms. The molecule has 1 N–H and O–H groups in total. The Bertz CT molecular complexity index is 944. The SMILES string of the molecule is O=C(CN(Cc1cccnc1)c1ccccc1)Nc1ccccc1N1CCOCC1. The Balaban J connectivity index is 1.49. The van der Waals surface area contributed by atoms with Crippen LogP contribution in [0.3, 0.4) is 0 Å². The Hall–Kier alpha value is -3.38. The van der Waals surface area contributed by atoms with Gasteiger partial charge in [0.25, 0.3) is 0 Å². The zero-order valence-corrected chi connectivity index (χ0v) is 16.9. The second-order valence-corrected chi connectivity index (χ2v) is 7.22. The quantitative estimate of drug-likeness (QED) is 0.655. The number of hydrogen-bond acceptors (Lipinski definition) is 5. The van der Waals surface area contributed by atoms with Gasteiger partial charge < -0.3 is 19.9 Å². The maximum atomic E-state index is 13.0. The van der Waals surface area contributed by atoms with E-state index in [1.165, 1.54) is 0 Å². The van der Waals surface area contributed by atoms with Crippen molar-refractivity contribution >= 4 is 23.0 Å². The van der Waals surface area contributed by atoms with E-state index >= 15 is 0 Å². The Morgan fingerprint density at radius 3 is 2.53 bits per heavy atom. The van der Waals surface area contributed by atoms with Crippen LogP contribution in [0.25, 0.3) is 0 Å². The largest absolute Gasteiger partial charge is 0.378 e. The number of nitrogens with zero attached hydrogens (tertiary/aromatic N) is 3. The molecule has 0 bridgehead atoms. The van der Waals surface area contributed by atoms with Gasteiger partial charge in [-0.2, -0.15) is 0 Å². The number of aromatic nitrogens is 1. The molecule has 2 heterocycles. The van der Waals surface area contributed by atoms with E-state index in [9.17, 15) is 4.79 Å². The van der Waals surface area contributed by atoms with Crippen molar-refractivity contribution < 1.29 is 9.53 Å². The normalized spacial score (nSPS) is 13.7. The van der Waals surface area contributed by atoms with Gasteiger partial charge in [0.05, 0.1) is 31.1 Å². The van der Waals surface area contributed by atoms with Crippen LogP contribution in [0.15, 0.2) is 79.1 Å². The van der Waals surface area contributed by atoms with Gasteiger partial charge in [0.1, 0.15) is 0 Å². The van der Waals surface area contributed by atoms with E-state index in [4.69, 9.17) is 4.74 Å². The fourth-order valence-corrected chi connectivity index (χ4v) is 3.61. The number of rotatable bonds is 7. The molecule has 0 aliphatic carbocycles. The van der Waals surface area contributed by atoms with E-state index < -0.39 is 0 Å². The molecule has 1 fully saturated rings. The average Bonchev–Trinajstić information content (AvgIpc) is 2.81. The number of amides is 1.